The predicted octanol–water partition coefficient (Wildman–Crippen LogP) is 3.97. The van der Waals surface area contributed by atoms with Crippen LogP contribution >= 0.6 is 0 Å². The van der Waals surface area contributed by atoms with Gasteiger partial charge in [0.15, 0.2) is 12.1 Å². The summed E-state index contributed by atoms with van der Waals surface area (Å²) < 4.78 is 1.77. The second-order valence-electron chi connectivity index (χ2n) is 5.54. The number of hydrogen-bond acceptors (Lipinski definition) is 2. The summed E-state index contributed by atoms with van der Waals surface area (Å²) in [6, 6.07) is 9.40. The Labute approximate surface area is 129 Å². The molecule has 0 radical (unpaired) electrons. The van der Waals surface area contributed by atoms with E-state index >= 15 is 0 Å². The lowest BCUT2D eigenvalue weighted by atomic mass is 9.96. The van der Waals surface area contributed by atoms with Crippen molar-refractivity contribution in [1.29, 1.82) is 0 Å². The highest BCUT2D eigenvalue weighted by Crippen LogP contribution is 2.28. The monoisotopic (exact) mass is 291 g/mol. The van der Waals surface area contributed by atoms with Gasteiger partial charge in [-0.15, -0.1) is 0 Å². The second-order valence-corrected chi connectivity index (χ2v) is 5.54. The number of benzene rings is 1. The number of hydrogen-bond donors (Lipinski definition) is 0. The van der Waals surface area contributed by atoms with E-state index in [1.165, 1.54) is 0 Å². The molecule has 22 heavy (non-hydrogen) atoms. The molecule has 1 aliphatic carbocycles. The highest BCUT2D eigenvalue weighted by atomic mass is 16.1. The minimum absolute atomic E-state index is 0.0306. The quantitative estimate of drug-likeness (QED) is 0.631. The van der Waals surface area contributed by atoms with Gasteiger partial charge in [-0.05, 0) is 44.0 Å². The molecule has 3 rings (SSSR count). The van der Waals surface area contributed by atoms with Crippen LogP contribution in [0.2, 0.25) is 0 Å². The molecule has 0 N–H and O–H groups in total. The van der Waals surface area contributed by atoms with Crippen molar-refractivity contribution in [3.05, 3.63) is 76.6 Å². The van der Waals surface area contributed by atoms with E-state index in [-0.39, 0.29) is 5.78 Å². The molecular formula is C19H17NO2. The third-order valence-electron chi connectivity index (χ3n) is 3.97. The summed E-state index contributed by atoms with van der Waals surface area (Å²) in [5.41, 5.74) is 4.91. The molecule has 110 valence electrons. The van der Waals surface area contributed by atoms with Crippen LogP contribution in [-0.4, -0.2) is 16.6 Å². The molecule has 0 atom stereocenters. The van der Waals surface area contributed by atoms with Crippen LogP contribution in [0.4, 0.5) is 0 Å². The largest absolute Gasteiger partial charge is 0.314 e. The molecular weight excluding hydrogens is 274 g/mol. The van der Waals surface area contributed by atoms with Gasteiger partial charge in [0, 0.05) is 17.3 Å². The molecule has 1 heterocycles. The molecule has 0 aliphatic heterocycles. The summed E-state index contributed by atoms with van der Waals surface area (Å²) >= 11 is 0. The Morgan fingerprint density at radius 2 is 2.05 bits per heavy atom. The van der Waals surface area contributed by atoms with Gasteiger partial charge in [0.1, 0.15) is 0 Å². The van der Waals surface area contributed by atoms with Crippen molar-refractivity contribution in [3.8, 4) is 0 Å². The smallest absolute Gasteiger partial charge is 0.191 e. The first-order chi connectivity index (χ1) is 10.6. The summed E-state index contributed by atoms with van der Waals surface area (Å²) in [6.07, 6.45) is 7.07. The van der Waals surface area contributed by atoms with Gasteiger partial charge in [0.2, 0.25) is 0 Å². The zero-order chi connectivity index (χ0) is 15.7. The van der Waals surface area contributed by atoms with Crippen LogP contribution in [-0.2, 0) is 0 Å². The van der Waals surface area contributed by atoms with E-state index in [0.29, 0.717) is 12.1 Å². The predicted molar refractivity (Wildman–Crippen MR) is 87.0 cm³/mol. The SMILES string of the molecule is Cc1ccc(C(=O)C2=C(n3cccc3C=O)C=CC2)c(C)c1. The Bertz CT molecular complexity index is 822. The van der Waals surface area contributed by atoms with Crippen LogP contribution in [0, 0.1) is 13.8 Å². The standard InChI is InChI=1S/C19H17NO2/c1-13-8-9-16(14(2)11-13)19(22)17-6-3-7-18(17)20-10-4-5-15(20)12-21/h3-5,7-12H,6H2,1-2H3. The van der Waals surface area contributed by atoms with E-state index in [4.69, 9.17) is 0 Å². The Balaban J connectivity index is 2.08. The first-order valence-corrected chi connectivity index (χ1v) is 7.26. The van der Waals surface area contributed by atoms with Gasteiger partial charge in [-0.3, -0.25) is 9.59 Å². The van der Waals surface area contributed by atoms with Gasteiger partial charge in [-0.1, -0.05) is 29.8 Å². The normalized spacial score (nSPS) is 13.7. The molecule has 0 fully saturated rings. The van der Waals surface area contributed by atoms with Crippen molar-refractivity contribution in [2.24, 2.45) is 0 Å². The molecule has 1 aromatic carbocycles. The fourth-order valence-corrected chi connectivity index (χ4v) is 2.87. The van der Waals surface area contributed by atoms with Crippen molar-refractivity contribution in [2.75, 3.05) is 0 Å². The number of Topliss-reactive ketones (excluding diaryl/α,β-unsaturated/α-hetero) is 1. The maximum Gasteiger partial charge on any atom is 0.191 e. The molecule has 1 aromatic heterocycles. The number of aromatic nitrogens is 1. The number of carbonyl (C=O) groups excluding carboxylic acids is 2. The lowest BCUT2D eigenvalue weighted by Crippen LogP contribution is -2.09. The number of aryl methyl sites for hydroxylation is 2. The Hall–Kier alpha value is -2.68. The van der Waals surface area contributed by atoms with Crippen LogP contribution < -0.4 is 0 Å². The van der Waals surface area contributed by atoms with Crippen LogP contribution in [0.15, 0.2) is 54.3 Å². The van der Waals surface area contributed by atoms with E-state index in [2.05, 4.69) is 0 Å². The minimum atomic E-state index is 0.0306. The van der Waals surface area contributed by atoms with Crippen molar-refractivity contribution in [3.63, 3.8) is 0 Å². The van der Waals surface area contributed by atoms with Crippen LogP contribution in [0.5, 0.6) is 0 Å². The molecule has 3 heteroatoms. The maximum atomic E-state index is 12.9. The summed E-state index contributed by atoms with van der Waals surface area (Å²) in [5.74, 6) is 0.0306. The van der Waals surface area contributed by atoms with E-state index in [1.807, 2.05) is 56.5 Å². The van der Waals surface area contributed by atoms with Gasteiger partial charge >= 0.3 is 0 Å². The third kappa shape index (κ3) is 2.35. The lowest BCUT2D eigenvalue weighted by molar-refractivity contribution is 0.103. The van der Waals surface area contributed by atoms with Crippen molar-refractivity contribution >= 4 is 17.8 Å². The molecule has 0 spiro atoms. The highest BCUT2D eigenvalue weighted by Gasteiger charge is 2.21. The van der Waals surface area contributed by atoms with Crippen molar-refractivity contribution in [1.82, 2.24) is 4.57 Å². The summed E-state index contributed by atoms with van der Waals surface area (Å²) in [7, 11) is 0. The number of carbonyl (C=O) groups is 2. The average molecular weight is 291 g/mol. The van der Waals surface area contributed by atoms with Gasteiger partial charge in [0.25, 0.3) is 0 Å². The average Bonchev–Trinajstić information content (AvgIpc) is 3.14. The fourth-order valence-electron chi connectivity index (χ4n) is 2.87. The Morgan fingerprint density at radius 3 is 2.77 bits per heavy atom. The molecule has 3 nitrogen and oxygen atoms in total. The molecule has 0 unspecified atom stereocenters. The molecule has 0 saturated carbocycles. The van der Waals surface area contributed by atoms with E-state index in [1.54, 1.807) is 10.6 Å². The van der Waals surface area contributed by atoms with Crippen molar-refractivity contribution in [2.45, 2.75) is 20.3 Å². The minimum Gasteiger partial charge on any atom is -0.314 e. The molecule has 0 saturated heterocycles. The molecule has 0 bridgehead atoms. The summed E-state index contributed by atoms with van der Waals surface area (Å²) in [4.78, 5) is 24.0. The van der Waals surface area contributed by atoms with Gasteiger partial charge in [0.05, 0.1) is 11.4 Å². The third-order valence-corrected chi connectivity index (χ3v) is 3.97. The summed E-state index contributed by atoms with van der Waals surface area (Å²) in [5, 5.41) is 0. The summed E-state index contributed by atoms with van der Waals surface area (Å²) in [6.45, 7) is 3.97. The number of allylic oxidation sites excluding steroid dienone is 4. The fraction of sp³-hybridized carbons (Fsp3) is 0.158. The van der Waals surface area contributed by atoms with Crippen LogP contribution in [0.1, 0.15) is 38.4 Å². The molecule has 0 amide bonds. The first kappa shape index (κ1) is 14.3. The van der Waals surface area contributed by atoms with Crippen molar-refractivity contribution < 1.29 is 9.59 Å². The van der Waals surface area contributed by atoms with E-state index in [9.17, 15) is 9.59 Å². The highest BCUT2D eigenvalue weighted by molar-refractivity contribution is 6.14. The van der Waals surface area contributed by atoms with E-state index < -0.39 is 0 Å². The Morgan fingerprint density at radius 1 is 1.23 bits per heavy atom. The Kier molecular flexibility index (Phi) is 3.63. The van der Waals surface area contributed by atoms with Gasteiger partial charge < -0.3 is 4.57 Å². The zero-order valence-corrected chi connectivity index (χ0v) is 12.7. The zero-order valence-electron chi connectivity index (χ0n) is 12.7. The van der Waals surface area contributed by atoms with Gasteiger partial charge in [-0.2, -0.15) is 0 Å². The number of ketones is 1. The number of nitrogens with zero attached hydrogens (tertiary/aromatic N) is 1. The lowest BCUT2D eigenvalue weighted by Gasteiger charge is -2.11. The molecule has 1 aliphatic rings. The first-order valence-electron chi connectivity index (χ1n) is 7.26. The van der Waals surface area contributed by atoms with Crippen LogP contribution in [0.3, 0.4) is 0 Å². The van der Waals surface area contributed by atoms with Gasteiger partial charge in [-0.25, -0.2) is 0 Å². The second kappa shape index (κ2) is 5.60. The van der Waals surface area contributed by atoms with Crippen LogP contribution in [0.25, 0.3) is 5.70 Å². The van der Waals surface area contributed by atoms with E-state index in [0.717, 1.165) is 34.2 Å². The topological polar surface area (TPSA) is 39.1 Å². The number of rotatable bonds is 4. The number of aldehydes is 1. The maximum absolute atomic E-state index is 12.9. The molecule has 2 aromatic rings.